The summed E-state index contributed by atoms with van der Waals surface area (Å²) >= 11 is 1.39. The van der Waals surface area contributed by atoms with Crippen LogP contribution in [0.3, 0.4) is 0 Å². The van der Waals surface area contributed by atoms with Gasteiger partial charge in [0, 0.05) is 12.6 Å². The first kappa shape index (κ1) is 19.2. The van der Waals surface area contributed by atoms with Crippen LogP contribution in [0.4, 0.5) is 0 Å². The summed E-state index contributed by atoms with van der Waals surface area (Å²) in [6.45, 7) is 0. The van der Waals surface area contributed by atoms with E-state index in [1.165, 1.54) is 11.3 Å². The van der Waals surface area contributed by atoms with Gasteiger partial charge in [-0.1, -0.05) is 72.8 Å². The molecule has 1 N–H and O–H groups in total. The summed E-state index contributed by atoms with van der Waals surface area (Å²) in [6, 6.07) is 27.4. The van der Waals surface area contributed by atoms with Crippen LogP contribution in [-0.2, 0) is 7.05 Å². The number of imidazole rings is 1. The lowest BCUT2D eigenvalue weighted by molar-refractivity contribution is 0.0945. The predicted octanol–water partition coefficient (Wildman–Crippen LogP) is 5.22. The number of para-hydroxylation sites is 2. The fourth-order valence-electron chi connectivity index (χ4n) is 3.66. The van der Waals surface area contributed by atoms with E-state index in [-0.39, 0.29) is 11.9 Å². The van der Waals surface area contributed by atoms with E-state index in [1.807, 2.05) is 96.5 Å². The molecule has 152 valence electrons. The molecule has 3 aromatic carbocycles. The standard InChI is InChI=1S/C25H20N4OS/c1-29-20-15-9-8-14-19(20)27-23(29)22(17-10-4-2-5-11-17)28-24(30)21-16-26-25(31-21)18-12-6-3-7-13-18/h2-16,22H,1H3,(H,28,30). The number of aromatic nitrogens is 3. The van der Waals surface area contributed by atoms with Crippen LogP contribution in [0.2, 0.25) is 0 Å². The zero-order valence-electron chi connectivity index (χ0n) is 16.9. The van der Waals surface area contributed by atoms with Crippen molar-refractivity contribution in [2.24, 2.45) is 7.05 Å². The molecule has 0 fully saturated rings. The fraction of sp³-hybridized carbons (Fsp3) is 0.0800. The number of carbonyl (C=O) groups excluding carboxylic acids is 1. The Morgan fingerprint density at radius 3 is 2.35 bits per heavy atom. The van der Waals surface area contributed by atoms with E-state index >= 15 is 0 Å². The Hall–Kier alpha value is -3.77. The highest BCUT2D eigenvalue weighted by Gasteiger charge is 2.24. The van der Waals surface area contributed by atoms with Gasteiger partial charge in [0.25, 0.3) is 5.91 Å². The number of amides is 1. The van der Waals surface area contributed by atoms with E-state index < -0.39 is 0 Å². The maximum atomic E-state index is 13.2. The Bertz CT molecular complexity index is 1340. The molecular weight excluding hydrogens is 404 g/mol. The van der Waals surface area contributed by atoms with E-state index in [0.717, 1.165) is 33.0 Å². The van der Waals surface area contributed by atoms with Gasteiger partial charge in [-0.15, -0.1) is 11.3 Å². The van der Waals surface area contributed by atoms with Crippen molar-refractivity contribution in [1.29, 1.82) is 0 Å². The third kappa shape index (κ3) is 3.73. The number of hydrogen-bond donors (Lipinski definition) is 1. The first-order chi connectivity index (χ1) is 15.2. The molecule has 0 radical (unpaired) electrons. The zero-order chi connectivity index (χ0) is 21.2. The number of nitrogens with one attached hydrogen (secondary N) is 1. The predicted molar refractivity (Wildman–Crippen MR) is 124 cm³/mol. The van der Waals surface area contributed by atoms with Crippen LogP contribution in [-0.4, -0.2) is 20.4 Å². The van der Waals surface area contributed by atoms with Gasteiger partial charge in [-0.25, -0.2) is 9.97 Å². The van der Waals surface area contributed by atoms with Gasteiger partial charge in [0.05, 0.1) is 17.2 Å². The van der Waals surface area contributed by atoms with E-state index in [4.69, 9.17) is 4.98 Å². The Balaban J connectivity index is 1.50. The highest BCUT2D eigenvalue weighted by atomic mass is 32.1. The van der Waals surface area contributed by atoms with Crippen LogP contribution in [0.1, 0.15) is 27.1 Å². The molecule has 0 bridgehead atoms. The molecule has 5 nitrogen and oxygen atoms in total. The maximum absolute atomic E-state index is 13.2. The van der Waals surface area contributed by atoms with Gasteiger partial charge in [0.1, 0.15) is 21.8 Å². The topological polar surface area (TPSA) is 59.8 Å². The molecule has 0 saturated carbocycles. The van der Waals surface area contributed by atoms with Gasteiger partial charge in [-0.2, -0.15) is 0 Å². The number of nitrogens with zero attached hydrogens (tertiary/aromatic N) is 3. The minimum atomic E-state index is -0.381. The molecule has 6 heteroatoms. The van der Waals surface area contributed by atoms with E-state index in [1.54, 1.807) is 6.20 Å². The number of rotatable bonds is 5. The van der Waals surface area contributed by atoms with Crippen molar-refractivity contribution in [1.82, 2.24) is 19.9 Å². The quantitative estimate of drug-likeness (QED) is 0.421. The molecule has 31 heavy (non-hydrogen) atoms. The lowest BCUT2D eigenvalue weighted by atomic mass is 10.1. The molecule has 0 saturated heterocycles. The van der Waals surface area contributed by atoms with Gasteiger partial charge in [-0.3, -0.25) is 4.79 Å². The molecule has 0 spiro atoms. The summed E-state index contributed by atoms with van der Waals surface area (Å²) in [5, 5.41) is 4.00. The van der Waals surface area contributed by atoms with E-state index in [0.29, 0.717) is 4.88 Å². The summed E-state index contributed by atoms with van der Waals surface area (Å²) < 4.78 is 2.04. The third-order valence-electron chi connectivity index (χ3n) is 5.24. The molecule has 0 aliphatic heterocycles. The highest BCUT2D eigenvalue weighted by molar-refractivity contribution is 7.16. The van der Waals surface area contributed by atoms with Crippen molar-refractivity contribution >= 4 is 28.3 Å². The van der Waals surface area contributed by atoms with Crippen LogP contribution >= 0.6 is 11.3 Å². The molecule has 5 rings (SSSR count). The van der Waals surface area contributed by atoms with Crippen molar-refractivity contribution in [3.8, 4) is 10.6 Å². The fourth-order valence-corrected chi connectivity index (χ4v) is 4.48. The van der Waals surface area contributed by atoms with Gasteiger partial charge in [-0.05, 0) is 17.7 Å². The average molecular weight is 425 g/mol. The van der Waals surface area contributed by atoms with Crippen molar-refractivity contribution in [3.05, 3.63) is 107 Å². The lowest BCUT2D eigenvalue weighted by Gasteiger charge is -2.18. The first-order valence-electron chi connectivity index (χ1n) is 9.99. The van der Waals surface area contributed by atoms with Gasteiger partial charge in [0.15, 0.2) is 0 Å². The Labute approximate surface area is 184 Å². The summed E-state index contributed by atoms with van der Waals surface area (Å²) in [4.78, 5) is 23.0. The molecule has 2 aromatic heterocycles. The number of aryl methyl sites for hydroxylation is 1. The van der Waals surface area contributed by atoms with Gasteiger partial charge >= 0.3 is 0 Å². The van der Waals surface area contributed by atoms with Crippen LogP contribution in [0.15, 0.2) is 91.1 Å². The smallest absolute Gasteiger partial charge is 0.263 e. The molecule has 2 heterocycles. The van der Waals surface area contributed by atoms with Crippen LogP contribution in [0.25, 0.3) is 21.6 Å². The Morgan fingerprint density at radius 2 is 1.61 bits per heavy atom. The highest BCUT2D eigenvalue weighted by Crippen LogP contribution is 2.28. The number of hydrogen-bond acceptors (Lipinski definition) is 4. The van der Waals surface area contributed by atoms with E-state index in [2.05, 4.69) is 10.3 Å². The average Bonchev–Trinajstić information content (AvgIpc) is 3.44. The minimum absolute atomic E-state index is 0.166. The molecule has 5 aromatic rings. The monoisotopic (exact) mass is 424 g/mol. The molecule has 0 aliphatic carbocycles. The molecule has 1 unspecified atom stereocenters. The second-order valence-corrected chi connectivity index (χ2v) is 8.26. The Morgan fingerprint density at radius 1 is 0.935 bits per heavy atom. The van der Waals surface area contributed by atoms with Gasteiger partial charge in [0.2, 0.25) is 0 Å². The Kier molecular flexibility index (Phi) is 5.06. The second-order valence-electron chi connectivity index (χ2n) is 7.23. The van der Waals surface area contributed by atoms with Crippen molar-refractivity contribution in [2.75, 3.05) is 0 Å². The molecule has 1 amide bonds. The van der Waals surface area contributed by atoms with E-state index in [9.17, 15) is 4.79 Å². The third-order valence-corrected chi connectivity index (χ3v) is 6.28. The maximum Gasteiger partial charge on any atom is 0.263 e. The lowest BCUT2D eigenvalue weighted by Crippen LogP contribution is -2.30. The number of fused-ring (bicyclic) bond motifs is 1. The zero-order valence-corrected chi connectivity index (χ0v) is 17.7. The second kappa shape index (κ2) is 8.16. The van der Waals surface area contributed by atoms with Crippen molar-refractivity contribution < 1.29 is 4.79 Å². The number of carbonyl (C=O) groups is 1. The SMILES string of the molecule is Cn1c(C(NC(=O)c2cnc(-c3ccccc3)s2)c2ccccc2)nc2ccccc21. The van der Waals surface area contributed by atoms with Crippen LogP contribution < -0.4 is 5.32 Å². The normalized spacial score (nSPS) is 12.0. The number of benzene rings is 3. The molecule has 1 atom stereocenters. The molecule has 0 aliphatic rings. The van der Waals surface area contributed by atoms with Gasteiger partial charge < -0.3 is 9.88 Å². The van der Waals surface area contributed by atoms with Crippen LogP contribution in [0.5, 0.6) is 0 Å². The summed E-state index contributed by atoms with van der Waals surface area (Å²) in [6.07, 6.45) is 1.64. The van der Waals surface area contributed by atoms with Crippen molar-refractivity contribution in [3.63, 3.8) is 0 Å². The number of thiazole rings is 1. The summed E-state index contributed by atoms with van der Waals surface area (Å²) in [5.41, 5.74) is 3.90. The first-order valence-corrected chi connectivity index (χ1v) is 10.8. The van der Waals surface area contributed by atoms with Crippen LogP contribution in [0, 0.1) is 0 Å². The largest absolute Gasteiger partial charge is 0.337 e. The minimum Gasteiger partial charge on any atom is -0.337 e. The summed E-state index contributed by atoms with van der Waals surface area (Å²) in [5.74, 6) is 0.620. The van der Waals surface area contributed by atoms with Crippen molar-refractivity contribution in [2.45, 2.75) is 6.04 Å². The summed E-state index contributed by atoms with van der Waals surface area (Å²) in [7, 11) is 1.98. The molecular formula is C25H20N4OS.